The largest absolute Gasteiger partial charge is 0.488 e. The molecule has 0 fully saturated rings. The lowest BCUT2D eigenvalue weighted by Gasteiger charge is -2.27. The summed E-state index contributed by atoms with van der Waals surface area (Å²) in [5.74, 6) is 1.58. The van der Waals surface area contributed by atoms with Gasteiger partial charge in [-0.05, 0) is 37.6 Å². The highest BCUT2D eigenvalue weighted by Crippen LogP contribution is 2.38. The molecule has 1 aromatic carbocycles. The Balaban J connectivity index is 1.44. The fraction of sp³-hybridized carbons (Fsp3) is 0.391. The Morgan fingerprint density at radius 2 is 2.13 bits per heavy atom. The van der Waals surface area contributed by atoms with Crippen LogP contribution in [0.5, 0.6) is 5.75 Å². The van der Waals surface area contributed by atoms with Crippen LogP contribution in [0.2, 0.25) is 0 Å². The fourth-order valence-corrected chi connectivity index (χ4v) is 3.87. The van der Waals surface area contributed by atoms with Crippen LogP contribution < -0.4 is 10.1 Å². The van der Waals surface area contributed by atoms with Gasteiger partial charge in [-0.1, -0.05) is 19.1 Å². The van der Waals surface area contributed by atoms with Crippen molar-refractivity contribution in [3.63, 3.8) is 0 Å². The van der Waals surface area contributed by atoms with Gasteiger partial charge in [0.25, 0.3) is 5.91 Å². The molecular weight excluding hydrogens is 380 g/mol. The van der Waals surface area contributed by atoms with Crippen LogP contribution in [0.1, 0.15) is 42.1 Å². The van der Waals surface area contributed by atoms with E-state index in [-0.39, 0.29) is 5.91 Å². The summed E-state index contributed by atoms with van der Waals surface area (Å²) in [6.07, 6.45) is 2.72. The minimum Gasteiger partial charge on any atom is -0.488 e. The molecule has 1 atom stereocenters. The number of rotatable bonds is 8. The fourth-order valence-electron chi connectivity index (χ4n) is 3.87. The number of nitrogens with zero attached hydrogens (tertiary/aromatic N) is 3. The second kappa shape index (κ2) is 8.75. The third-order valence-electron chi connectivity index (χ3n) is 5.71. The minimum absolute atomic E-state index is 0.170. The van der Waals surface area contributed by atoms with Gasteiger partial charge in [-0.2, -0.15) is 5.10 Å². The Morgan fingerprint density at radius 3 is 2.90 bits per heavy atom. The summed E-state index contributed by atoms with van der Waals surface area (Å²) in [5, 5.41) is 7.53. The molecule has 1 aliphatic heterocycles. The first-order valence-electron chi connectivity index (χ1n) is 10.4. The highest BCUT2D eigenvalue weighted by molar-refractivity contribution is 5.96. The molecule has 0 spiro atoms. The molecular formula is C23H28N4O3. The number of benzene rings is 1. The summed E-state index contributed by atoms with van der Waals surface area (Å²) >= 11 is 0. The van der Waals surface area contributed by atoms with Crippen molar-refractivity contribution in [1.29, 1.82) is 0 Å². The van der Waals surface area contributed by atoms with Gasteiger partial charge in [0, 0.05) is 37.3 Å². The predicted molar refractivity (Wildman–Crippen MR) is 114 cm³/mol. The normalized spacial score (nSPS) is 13.5. The lowest BCUT2D eigenvalue weighted by Crippen LogP contribution is -2.39. The number of aryl methyl sites for hydroxylation is 1. The molecule has 0 bridgehead atoms. The first-order valence-corrected chi connectivity index (χ1v) is 10.4. The van der Waals surface area contributed by atoms with Crippen molar-refractivity contribution in [3.8, 4) is 17.0 Å². The quantitative estimate of drug-likeness (QED) is 0.617. The Bertz CT molecular complexity index is 1010. The average molecular weight is 409 g/mol. The molecule has 0 aliphatic carbocycles. The maximum Gasteiger partial charge on any atom is 0.272 e. The van der Waals surface area contributed by atoms with Crippen LogP contribution in [0.4, 0.5) is 0 Å². The van der Waals surface area contributed by atoms with Gasteiger partial charge >= 0.3 is 0 Å². The molecule has 1 aliphatic rings. The number of para-hydroxylation sites is 1. The van der Waals surface area contributed by atoms with E-state index in [9.17, 15) is 4.79 Å². The van der Waals surface area contributed by atoms with E-state index >= 15 is 0 Å². The number of hydrogen-bond donors (Lipinski definition) is 1. The number of amides is 1. The van der Waals surface area contributed by atoms with Crippen LogP contribution >= 0.6 is 0 Å². The van der Waals surface area contributed by atoms with Gasteiger partial charge in [0.15, 0.2) is 5.69 Å². The van der Waals surface area contributed by atoms with Crippen LogP contribution in [-0.4, -0.2) is 39.7 Å². The van der Waals surface area contributed by atoms with Gasteiger partial charge in [0.1, 0.15) is 18.1 Å². The van der Waals surface area contributed by atoms with E-state index in [1.807, 2.05) is 43.4 Å². The highest BCUT2D eigenvalue weighted by Gasteiger charge is 2.28. The van der Waals surface area contributed by atoms with E-state index in [0.717, 1.165) is 47.8 Å². The molecule has 0 saturated carbocycles. The Labute approximate surface area is 176 Å². The van der Waals surface area contributed by atoms with Crippen LogP contribution in [0.15, 0.2) is 47.1 Å². The SMILES string of the molecule is CC[C@H](C)N(CCNC(=O)c1nn(C)c2c1COc1ccccc1-2)Cc1ccco1. The van der Waals surface area contributed by atoms with E-state index in [4.69, 9.17) is 9.15 Å². The summed E-state index contributed by atoms with van der Waals surface area (Å²) in [4.78, 5) is 15.2. The summed E-state index contributed by atoms with van der Waals surface area (Å²) in [6.45, 7) is 6.69. The van der Waals surface area contributed by atoms with Crippen molar-refractivity contribution < 1.29 is 13.9 Å². The van der Waals surface area contributed by atoms with Gasteiger partial charge < -0.3 is 14.5 Å². The molecule has 1 N–H and O–H groups in total. The van der Waals surface area contributed by atoms with E-state index in [1.54, 1.807) is 10.9 Å². The van der Waals surface area contributed by atoms with Gasteiger partial charge in [0.2, 0.25) is 0 Å². The zero-order valence-electron chi connectivity index (χ0n) is 17.7. The van der Waals surface area contributed by atoms with Crippen LogP contribution in [0.3, 0.4) is 0 Å². The zero-order valence-corrected chi connectivity index (χ0v) is 17.7. The van der Waals surface area contributed by atoms with Crippen LogP contribution in [0, 0.1) is 0 Å². The monoisotopic (exact) mass is 408 g/mol. The highest BCUT2D eigenvalue weighted by atomic mass is 16.5. The molecule has 3 heterocycles. The van der Waals surface area contributed by atoms with Crippen molar-refractivity contribution in [2.75, 3.05) is 13.1 Å². The smallest absolute Gasteiger partial charge is 0.272 e. The molecule has 0 unspecified atom stereocenters. The summed E-state index contributed by atoms with van der Waals surface area (Å²) < 4.78 is 13.1. The molecule has 0 saturated heterocycles. The number of carbonyl (C=O) groups excluding carboxylic acids is 1. The molecule has 0 radical (unpaired) electrons. The summed E-state index contributed by atoms with van der Waals surface area (Å²) in [5.41, 5.74) is 3.18. The number of fused-ring (bicyclic) bond motifs is 3. The van der Waals surface area contributed by atoms with Crippen LogP contribution in [-0.2, 0) is 20.2 Å². The maximum absolute atomic E-state index is 12.9. The van der Waals surface area contributed by atoms with Crippen molar-refractivity contribution >= 4 is 5.91 Å². The van der Waals surface area contributed by atoms with Gasteiger partial charge in [-0.15, -0.1) is 0 Å². The average Bonchev–Trinajstić information content (AvgIpc) is 3.40. The molecule has 1 amide bonds. The Hall–Kier alpha value is -3.06. The van der Waals surface area contributed by atoms with E-state index in [2.05, 4.69) is 29.2 Å². The van der Waals surface area contributed by atoms with E-state index < -0.39 is 0 Å². The second-order valence-electron chi connectivity index (χ2n) is 7.65. The Morgan fingerprint density at radius 1 is 1.30 bits per heavy atom. The predicted octanol–water partition coefficient (Wildman–Crippen LogP) is 3.60. The second-order valence-corrected chi connectivity index (χ2v) is 7.65. The Kier molecular flexibility index (Phi) is 5.90. The number of aromatic nitrogens is 2. The molecule has 7 heteroatoms. The number of ether oxygens (including phenoxy) is 1. The molecule has 7 nitrogen and oxygen atoms in total. The van der Waals surface area contributed by atoms with Gasteiger partial charge in [0.05, 0.1) is 18.5 Å². The number of hydrogen-bond acceptors (Lipinski definition) is 5. The van der Waals surface area contributed by atoms with Crippen molar-refractivity contribution in [1.82, 2.24) is 20.0 Å². The minimum atomic E-state index is -0.170. The van der Waals surface area contributed by atoms with E-state index in [0.29, 0.717) is 24.9 Å². The third-order valence-corrected chi connectivity index (χ3v) is 5.71. The zero-order chi connectivity index (χ0) is 21.1. The van der Waals surface area contributed by atoms with E-state index in [1.165, 1.54) is 0 Å². The number of nitrogens with one attached hydrogen (secondary N) is 1. The summed E-state index contributed by atoms with van der Waals surface area (Å²) in [7, 11) is 1.87. The first-order chi connectivity index (χ1) is 14.6. The topological polar surface area (TPSA) is 72.5 Å². The standard InChI is InChI=1S/C23H28N4O3/c1-4-16(2)27(14-17-8-7-13-29-17)12-11-24-23(28)21-19-15-30-20-10-6-5-9-18(20)22(19)26(3)25-21/h5-10,13,16H,4,11-12,14-15H2,1-3H3,(H,24,28)/t16-/m0/s1. The molecule has 30 heavy (non-hydrogen) atoms. The molecule has 4 rings (SSSR count). The molecule has 2 aromatic heterocycles. The maximum atomic E-state index is 12.9. The van der Waals surface area contributed by atoms with Crippen LogP contribution in [0.25, 0.3) is 11.3 Å². The van der Waals surface area contributed by atoms with Crippen molar-refractivity contribution in [3.05, 3.63) is 59.7 Å². The lowest BCUT2D eigenvalue weighted by molar-refractivity contribution is 0.0933. The van der Waals surface area contributed by atoms with Crippen molar-refractivity contribution in [2.45, 2.75) is 39.5 Å². The summed E-state index contributed by atoms with van der Waals surface area (Å²) in [6, 6.07) is 12.1. The lowest BCUT2D eigenvalue weighted by atomic mass is 10.0. The van der Waals surface area contributed by atoms with Crippen molar-refractivity contribution in [2.24, 2.45) is 7.05 Å². The third kappa shape index (κ3) is 3.98. The molecule has 158 valence electrons. The molecule has 3 aromatic rings. The number of carbonyl (C=O) groups is 1. The number of furan rings is 1. The first kappa shape index (κ1) is 20.2. The van der Waals surface area contributed by atoms with Gasteiger partial charge in [-0.3, -0.25) is 14.4 Å². The van der Waals surface area contributed by atoms with Gasteiger partial charge in [-0.25, -0.2) is 0 Å².